The SMILES string of the molecule is CC(=CC=C(F)CN)C(O)c1ccncc1. The van der Waals surface area contributed by atoms with Gasteiger partial charge >= 0.3 is 0 Å². The van der Waals surface area contributed by atoms with E-state index in [9.17, 15) is 9.50 Å². The van der Waals surface area contributed by atoms with Crippen molar-refractivity contribution in [1.82, 2.24) is 4.98 Å². The molecule has 0 saturated heterocycles. The van der Waals surface area contributed by atoms with Crippen molar-refractivity contribution in [2.45, 2.75) is 13.0 Å². The maximum absolute atomic E-state index is 12.8. The highest BCUT2D eigenvalue weighted by atomic mass is 19.1. The fourth-order valence-electron chi connectivity index (χ4n) is 1.19. The molecule has 86 valence electrons. The van der Waals surface area contributed by atoms with Crippen LogP contribution in [-0.4, -0.2) is 16.6 Å². The highest BCUT2D eigenvalue weighted by molar-refractivity contribution is 5.25. The molecule has 3 N–H and O–H groups in total. The van der Waals surface area contributed by atoms with E-state index in [-0.39, 0.29) is 6.54 Å². The van der Waals surface area contributed by atoms with Gasteiger partial charge in [-0.25, -0.2) is 4.39 Å². The van der Waals surface area contributed by atoms with Crippen LogP contribution in [0.25, 0.3) is 0 Å². The molecule has 0 aliphatic carbocycles. The van der Waals surface area contributed by atoms with Crippen LogP contribution in [-0.2, 0) is 0 Å². The second-order valence-electron chi connectivity index (χ2n) is 3.41. The number of pyridine rings is 1. The summed E-state index contributed by atoms with van der Waals surface area (Å²) in [5, 5.41) is 9.90. The highest BCUT2D eigenvalue weighted by Gasteiger charge is 2.07. The number of aliphatic hydroxyl groups is 1. The van der Waals surface area contributed by atoms with E-state index in [4.69, 9.17) is 5.73 Å². The standard InChI is InChI=1S/C12H15FN2O/c1-9(2-3-11(13)8-14)12(16)10-4-6-15-7-5-10/h2-7,12,16H,8,14H2,1H3. The molecule has 16 heavy (non-hydrogen) atoms. The third kappa shape index (κ3) is 3.56. The second kappa shape index (κ2) is 6.15. The molecule has 1 aromatic heterocycles. The number of hydrogen-bond donors (Lipinski definition) is 2. The summed E-state index contributed by atoms with van der Waals surface area (Å²) in [6, 6.07) is 3.43. The molecule has 0 fully saturated rings. The monoisotopic (exact) mass is 222 g/mol. The first-order valence-corrected chi connectivity index (χ1v) is 4.96. The third-order valence-electron chi connectivity index (χ3n) is 2.18. The lowest BCUT2D eigenvalue weighted by Crippen LogP contribution is -2.00. The van der Waals surface area contributed by atoms with Gasteiger partial charge in [-0.3, -0.25) is 4.98 Å². The summed E-state index contributed by atoms with van der Waals surface area (Å²) in [7, 11) is 0. The molecule has 0 aliphatic heterocycles. The maximum Gasteiger partial charge on any atom is 0.113 e. The average molecular weight is 222 g/mol. The number of allylic oxidation sites excluding steroid dienone is 2. The minimum Gasteiger partial charge on any atom is -0.384 e. The Morgan fingerprint density at radius 1 is 1.50 bits per heavy atom. The predicted molar refractivity (Wildman–Crippen MR) is 61.2 cm³/mol. The van der Waals surface area contributed by atoms with Crippen molar-refractivity contribution in [3.63, 3.8) is 0 Å². The first-order valence-electron chi connectivity index (χ1n) is 4.96. The van der Waals surface area contributed by atoms with E-state index in [0.717, 1.165) is 5.56 Å². The van der Waals surface area contributed by atoms with Crippen LogP contribution in [0.15, 0.2) is 48.1 Å². The smallest absolute Gasteiger partial charge is 0.113 e. The number of aliphatic hydroxyl groups excluding tert-OH is 1. The summed E-state index contributed by atoms with van der Waals surface area (Å²) in [5.41, 5.74) is 6.48. The van der Waals surface area contributed by atoms with Crippen molar-refractivity contribution in [2.24, 2.45) is 5.73 Å². The molecule has 0 aliphatic rings. The van der Waals surface area contributed by atoms with Crippen LogP contribution in [0.3, 0.4) is 0 Å². The van der Waals surface area contributed by atoms with Crippen molar-refractivity contribution < 1.29 is 9.50 Å². The van der Waals surface area contributed by atoms with Gasteiger partial charge in [-0.1, -0.05) is 6.08 Å². The molecule has 4 heteroatoms. The lowest BCUT2D eigenvalue weighted by Gasteiger charge is -2.10. The summed E-state index contributed by atoms with van der Waals surface area (Å²) in [6.07, 6.45) is 5.24. The van der Waals surface area contributed by atoms with E-state index in [2.05, 4.69) is 4.98 Å². The lowest BCUT2D eigenvalue weighted by molar-refractivity contribution is 0.215. The lowest BCUT2D eigenvalue weighted by atomic mass is 10.0. The van der Waals surface area contributed by atoms with Crippen molar-refractivity contribution in [2.75, 3.05) is 6.54 Å². The van der Waals surface area contributed by atoms with Crippen molar-refractivity contribution in [3.8, 4) is 0 Å². The van der Waals surface area contributed by atoms with Gasteiger partial charge < -0.3 is 10.8 Å². The molecule has 0 bridgehead atoms. The molecule has 0 amide bonds. The highest BCUT2D eigenvalue weighted by Crippen LogP contribution is 2.20. The van der Waals surface area contributed by atoms with Crippen LogP contribution in [0, 0.1) is 0 Å². The van der Waals surface area contributed by atoms with Gasteiger partial charge in [-0.2, -0.15) is 0 Å². The third-order valence-corrected chi connectivity index (χ3v) is 2.18. The molecule has 0 saturated carbocycles. The molecule has 3 nitrogen and oxygen atoms in total. The zero-order valence-corrected chi connectivity index (χ0v) is 9.10. The molecule has 0 aromatic carbocycles. The van der Waals surface area contributed by atoms with Gasteiger partial charge in [0, 0.05) is 18.9 Å². The fraction of sp³-hybridized carbons (Fsp3) is 0.250. The van der Waals surface area contributed by atoms with Gasteiger partial charge in [0.05, 0.1) is 0 Å². The normalized spacial score (nSPS) is 15.0. The Morgan fingerprint density at radius 2 is 2.12 bits per heavy atom. The van der Waals surface area contributed by atoms with Crippen LogP contribution >= 0.6 is 0 Å². The van der Waals surface area contributed by atoms with Crippen LogP contribution in [0.1, 0.15) is 18.6 Å². The number of nitrogens with zero attached hydrogens (tertiary/aromatic N) is 1. The summed E-state index contributed by atoms with van der Waals surface area (Å²) < 4.78 is 12.8. The molecule has 1 aromatic rings. The van der Waals surface area contributed by atoms with E-state index >= 15 is 0 Å². The number of nitrogens with two attached hydrogens (primary N) is 1. The number of rotatable bonds is 4. The van der Waals surface area contributed by atoms with Crippen molar-refractivity contribution >= 4 is 0 Å². The maximum atomic E-state index is 12.8. The van der Waals surface area contributed by atoms with Crippen LogP contribution in [0.4, 0.5) is 4.39 Å². The van der Waals surface area contributed by atoms with E-state index < -0.39 is 11.9 Å². The number of hydrogen-bond acceptors (Lipinski definition) is 3. The quantitative estimate of drug-likeness (QED) is 0.764. The van der Waals surface area contributed by atoms with Crippen molar-refractivity contribution in [3.05, 3.63) is 53.6 Å². The summed E-state index contributed by atoms with van der Waals surface area (Å²) in [5.74, 6) is -0.415. The zero-order valence-electron chi connectivity index (χ0n) is 9.10. The topological polar surface area (TPSA) is 59.1 Å². The number of halogens is 1. The Labute approximate surface area is 94.1 Å². The van der Waals surface area contributed by atoms with Gasteiger partial charge in [0.25, 0.3) is 0 Å². The Morgan fingerprint density at radius 3 is 2.69 bits per heavy atom. The first kappa shape index (κ1) is 12.5. The second-order valence-corrected chi connectivity index (χ2v) is 3.41. The molecule has 1 heterocycles. The van der Waals surface area contributed by atoms with Gasteiger partial charge in [0.2, 0.25) is 0 Å². The van der Waals surface area contributed by atoms with Crippen LogP contribution in [0.2, 0.25) is 0 Å². The number of aromatic nitrogens is 1. The predicted octanol–water partition coefficient (Wildman–Crippen LogP) is 1.87. The molecule has 1 atom stereocenters. The zero-order chi connectivity index (χ0) is 12.0. The van der Waals surface area contributed by atoms with E-state index in [1.165, 1.54) is 12.2 Å². The van der Waals surface area contributed by atoms with Crippen LogP contribution < -0.4 is 5.73 Å². The molecular formula is C12H15FN2O. The van der Waals surface area contributed by atoms with E-state index in [0.29, 0.717) is 5.57 Å². The minimum absolute atomic E-state index is 0.130. The van der Waals surface area contributed by atoms with Crippen molar-refractivity contribution in [1.29, 1.82) is 0 Å². The summed E-state index contributed by atoms with van der Waals surface area (Å²) in [4.78, 5) is 3.86. The Hall–Kier alpha value is -1.52. The van der Waals surface area contributed by atoms with E-state index in [1.807, 2.05) is 0 Å². The molecule has 0 spiro atoms. The van der Waals surface area contributed by atoms with Gasteiger partial charge in [0.15, 0.2) is 0 Å². The molecule has 1 rings (SSSR count). The molecular weight excluding hydrogens is 207 g/mol. The van der Waals surface area contributed by atoms with Gasteiger partial charge in [-0.15, -0.1) is 0 Å². The minimum atomic E-state index is -0.746. The largest absolute Gasteiger partial charge is 0.384 e. The first-order chi connectivity index (χ1) is 7.65. The van der Waals surface area contributed by atoms with Gasteiger partial charge in [0.1, 0.15) is 11.9 Å². The molecule has 0 radical (unpaired) electrons. The summed E-state index contributed by atoms with van der Waals surface area (Å²) >= 11 is 0. The molecule has 1 unspecified atom stereocenters. The average Bonchev–Trinajstić information content (AvgIpc) is 2.35. The van der Waals surface area contributed by atoms with Crippen LogP contribution in [0.5, 0.6) is 0 Å². The Bertz CT molecular complexity index is 387. The Balaban J connectivity index is 2.79. The van der Waals surface area contributed by atoms with Gasteiger partial charge in [-0.05, 0) is 36.3 Å². The Kier molecular flexibility index (Phi) is 4.82. The van der Waals surface area contributed by atoms with E-state index in [1.54, 1.807) is 31.5 Å². The summed E-state index contributed by atoms with van der Waals surface area (Å²) in [6.45, 7) is 1.60. The fourth-order valence-corrected chi connectivity index (χ4v) is 1.19.